The second kappa shape index (κ2) is 15.3. The van der Waals surface area contributed by atoms with Gasteiger partial charge in [0.05, 0.1) is 0 Å². The Hall–Kier alpha value is -3.60. The molecule has 0 atom stereocenters. The van der Waals surface area contributed by atoms with Crippen LogP contribution in [0.2, 0.25) is 10.0 Å². The highest BCUT2D eigenvalue weighted by molar-refractivity contribution is 6.31. The third-order valence-electron chi connectivity index (χ3n) is 6.91. The van der Waals surface area contributed by atoms with Crippen LogP contribution in [0.1, 0.15) is 35.1 Å². The lowest BCUT2D eigenvalue weighted by molar-refractivity contribution is -0.136. The van der Waals surface area contributed by atoms with Crippen LogP contribution in [0.3, 0.4) is 0 Å². The molecule has 0 saturated heterocycles. The summed E-state index contributed by atoms with van der Waals surface area (Å²) in [6.07, 6.45) is 1.81. The Morgan fingerprint density at radius 1 is 0.500 bits per heavy atom. The van der Waals surface area contributed by atoms with E-state index in [4.69, 9.17) is 23.2 Å². The summed E-state index contributed by atoms with van der Waals surface area (Å²) in [5.41, 5.74) is 4.01. The first-order chi connectivity index (χ1) is 19.5. The molecule has 0 fully saturated rings. The van der Waals surface area contributed by atoms with Crippen molar-refractivity contribution in [2.24, 2.45) is 0 Å². The lowest BCUT2D eigenvalue weighted by atomic mass is 10.1. The summed E-state index contributed by atoms with van der Waals surface area (Å²) in [5.74, 6) is 0.0684. The predicted molar refractivity (Wildman–Crippen MR) is 163 cm³/mol. The molecule has 0 bridgehead atoms. The molecular formula is C34H34Cl2N2O2. The summed E-state index contributed by atoms with van der Waals surface area (Å²) in [4.78, 5) is 30.7. The SMILES string of the molecule is O=C(CCc1ccccc1Cl)N(CCN(Cc1ccccc1)C(=O)CCc1ccccc1Cl)Cc1ccccc1. The molecule has 4 aromatic carbocycles. The standard InChI is InChI=1S/C34H34Cl2N2O2/c35-31-17-9-7-15-29(31)19-21-33(39)37(25-27-11-3-1-4-12-27)23-24-38(26-28-13-5-2-6-14-28)34(40)22-20-30-16-8-10-18-32(30)36/h1-18H,19-26H2. The Morgan fingerprint density at radius 2 is 0.850 bits per heavy atom. The number of amides is 2. The van der Waals surface area contributed by atoms with Gasteiger partial charge in [-0.25, -0.2) is 0 Å². The summed E-state index contributed by atoms with van der Waals surface area (Å²) >= 11 is 12.7. The van der Waals surface area contributed by atoms with E-state index in [1.54, 1.807) is 0 Å². The molecule has 40 heavy (non-hydrogen) atoms. The van der Waals surface area contributed by atoms with Crippen LogP contribution in [0, 0.1) is 0 Å². The number of aryl methyl sites for hydroxylation is 2. The Labute approximate surface area is 247 Å². The van der Waals surface area contributed by atoms with Crippen LogP contribution in [0.4, 0.5) is 0 Å². The van der Waals surface area contributed by atoms with Gasteiger partial charge >= 0.3 is 0 Å². The number of carbonyl (C=O) groups excluding carboxylic acids is 2. The fourth-order valence-electron chi connectivity index (χ4n) is 4.63. The van der Waals surface area contributed by atoms with E-state index < -0.39 is 0 Å². The van der Waals surface area contributed by atoms with Gasteiger partial charge in [0, 0.05) is 49.1 Å². The molecule has 0 saturated carbocycles. The quantitative estimate of drug-likeness (QED) is 0.165. The van der Waals surface area contributed by atoms with Gasteiger partial charge < -0.3 is 9.80 Å². The molecule has 0 spiro atoms. The zero-order valence-electron chi connectivity index (χ0n) is 22.5. The third-order valence-corrected chi connectivity index (χ3v) is 7.65. The molecule has 206 valence electrons. The van der Waals surface area contributed by atoms with E-state index in [0.717, 1.165) is 22.3 Å². The number of benzene rings is 4. The third kappa shape index (κ3) is 8.97. The van der Waals surface area contributed by atoms with Crippen molar-refractivity contribution in [3.05, 3.63) is 141 Å². The van der Waals surface area contributed by atoms with E-state index in [-0.39, 0.29) is 11.8 Å². The highest BCUT2D eigenvalue weighted by Crippen LogP contribution is 2.19. The maximum Gasteiger partial charge on any atom is 0.223 e. The van der Waals surface area contributed by atoms with Crippen molar-refractivity contribution in [3.8, 4) is 0 Å². The molecule has 0 unspecified atom stereocenters. The van der Waals surface area contributed by atoms with Crippen LogP contribution in [0.25, 0.3) is 0 Å². The molecule has 0 aliphatic rings. The van der Waals surface area contributed by atoms with Crippen molar-refractivity contribution >= 4 is 35.0 Å². The number of carbonyl (C=O) groups is 2. The van der Waals surface area contributed by atoms with Gasteiger partial charge in [0.15, 0.2) is 0 Å². The van der Waals surface area contributed by atoms with Crippen molar-refractivity contribution < 1.29 is 9.59 Å². The molecule has 6 heteroatoms. The summed E-state index contributed by atoms with van der Waals surface area (Å²) < 4.78 is 0. The van der Waals surface area contributed by atoms with Gasteiger partial charge in [-0.05, 0) is 47.2 Å². The van der Waals surface area contributed by atoms with Crippen LogP contribution < -0.4 is 0 Å². The van der Waals surface area contributed by atoms with Gasteiger partial charge in [-0.15, -0.1) is 0 Å². The fraction of sp³-hybridized carbons (Fsp3) is 0.235. The number of halogens is 2. The average Bonchev–Trinajstić information content (AvgIpc) is 2.98. The van der Waals surface area contributed by atoms with Gasteiger partial charge in [-0.2, -0.15) is 0 Å². The number of hydrogen-bond donors (Lipinski definition) is 0. The minimum atomic E-state index is 0.0342. The Kier molecular flexibility index (Phi) is 11.2. The molecule has 0 aliphatic heterocycles. The Balaban J connectivity index is 1.47. The molecule has 0 N–H and O–H groups in total. The molecule has 4 nitrogen and oxygen atoms in total. The van der Waals surface area contributed by atoms with Crippen molar-refractivity contribution in [2.75, 3.05) is 13.1 Å². The predicted octanol–water partition coefficient (Wildman–Crippen LogP) is 7.62. The molecule has 0 radical (unpaired) electrons. The second-order valence-electron chi connectivity index (χ2n) is 9.78. The van der Waals surface area contributed by atoms with Crippen LogP contribution in [-0.4, -0.2) is 34.7 Å². The van der Waals surface area contributed by atoms with Gasteiger partial charge in [0.25, 0.3) is 0 Å². The maximum absolute atomic E-state index is 13.5. The van der Waals surface area contributed by atoms with E-state index in [2.05, 4.69) is 0 Å². The normalized spacial score (nSPS) is 10.8. The van der Waals surface area contributed by atoms with Crippen molar-refractivity contribution in [1.82, 2.24) is 9.80 Å². The largest absolute Gasteiger partial charge is 0.337 e. The zero-order chi connectivity index (χ0) is 28.2. The second-order valence-corrected chi connectivity index (χ2v) is 10.6. The smallest absolute Gasteiger partial charge is 0.223 e. The molecule has 4 aromatic rings. The maximum atomic E-state index is 13.5. The van der Waals surface area contributed by atoms with E-state index in [9.17, 15) is 9.59 Å². The topological polar surface area (TPSA) is 40.6 Å². The first-order valence-electron chi connectivity index (χ1n) is 13.6. The summed E-state index contributed by atoms with van der Waals surface area (Å²) in [6, 6.07) is 35.1. The highest BCUT2D eigenvalue weighted by Gasteiger charge is 2.20. The van der Waals surface area contributed by atoms with E-state index in [1.165, 1.54) is 0 Å². The molecule has 4 rings (SSSR count). The molecular weight excluding hydrogens is 539 g/mol. The number of hydrogen-bond acceptors (Lipinski definition) is 2. The first kappa shape index (κ1) is 29.4. The highest BCUT2D eigenvalue weighted by atomic mass is 35.5. The monoisotopic (exact) mass is 572 g/mol. The Bertz CT molecular complexity index is 1270. The summed E-state index contributed by atoms with van der Waals surface area (Å²) in [6.45, 7) is 1.83. The van der Waals surface area contributed by atoms with Gasteiger partial charge in [-0.1, -0.05) is 120 Å². The zero-order valence-corrected chi connectivity index (χ0v) is 24.0. The van der Waals surface area contributed by atoms with Crippen molar-refractivity contribution in [1.29, 1.82) is 0 Å². The number of nitrogens with zero attached hydrogens (tertiary/aromatic N) is 2. The molecule has 0 aromatic heterocycles. The fourth-order valence-corrected chi connectivity index (χ4v) is 5.10. The first-order valence-corrected chi connectivity index (χ1v) is 14.4. The minimum Gasteiger partial charge on any atom is -0.337 e. The molecule has 2 amide bonds. The van der Waals surface area contributed by atoms with Crippen LogP contribution in [-0.2, 0) is 35.5 Å². The lowest BCUT2D eigenvalue weighted by Crippen LogP contribution is -2.40. The van der Waals surface area contributed by atoms with E-state index >= 15 is 0 Å². The average molecular weight is 574 g/mol. The van der Waals surface area contributed by atoms with Gasteiger partial charge in [-0.3, -0.25) is 9.59 Å². The van der Waals surface area contributed by atoms with E-state index in [1.807, 2.05) is 119 Å². The van der Waals surface area contributed by atoms with Crippen LogP contribution in [0.15, 0.2) is 109 Å². The molecule has 0 heterocycles. The van der Waals surface area contributed by atoms with Crippen molar-refractivity contribution in [2.45, 2.75) is 38.8 Å². The Morgan fingerprint density at radius 3 is 1.23 bits per heavy atom. The van der Waals surface area contributed by atoms with Gasteiger partial charge in [0.2, 0.25) is 11.8 Å². The van der Waals surface area contributed by atoms with Gasteiger partial charge in [0.1, 0.15) is 0 Å². The number of rotatable bonds is 13. The summed E-state index contributed by atoms with van der Waals surface area (Å²) in [5, 5.41) is 1.34. The van der Waals surface area contributed by atoms with Crippen LogP contribution in [0.5, 0.6) is 0 Å². The summed E-state index contributed by atoms with van der Waals surface area (Å²) in [7, 11) is 0. The van der Waals surface area contributed by atoms with Crippen molar-refractivity contribution in [3.63, 3.8) is 0 Å². The van der Waals surface area contributed by atoms with Crippen LogP contribution >= 0.6 is 23.2 Å². The lowest BCUT2D eigenvalue weighted by Gasteiger charge is -2.29. The minimum absolute atomic E-state index is 0.0342. The van der Waals surface area contributed by atoms with E-state index in [0.29, 0.717) is 61.9 Å². The molecule has 0 aliphatic carbocycles.